The maximum atomic E-state index is 5.53. The van der Waals surface area contributed by atoms with Crippen molar-refractivity contribution in [3.63, 3.8) is 0 Å². The molecule has 0 aromatic heterocycles. The fourth-order valence-electron chi connectivity index (χ4n) is 1.68. The van der Waals surface area contributed by atoms with Gasteiger partial charge in [0.15, 0.2) is 0 Å². The Kier molecular flexibility index (Phi) is 3.38. The molecule has 0 unspecified atom stereocenters. The first-order valence-electron chi connectivity index (χ1n) is 4.33. The van der Waals surface area contributed by atoms with Gasteiger partial charge in [0.1, 0.15) is 0 Å². The van der Waals surface area contributed by atoms with E-state index in [-0.39, 0.29) is 5.60 Å². The summed E-state index contributed by atoms with van der Waals surface area (Å²) in [6.45, 7) is 2.33. The van der Waals surface area contributed by atoms with Crippen molar-refractivity contribution in [1.82, 2.24) is 0 Å². The van der Waals surface area contributed by atoms with Gasteiger partial charge in [-0.2, -0.15) is 0 Å². The van der Waals surface area contributed by atoms with E-state index in [1.807, 2.05) is 7.11 Å². The molecule has 0 saturated heterocycles. The third-order valence-electron chi connectivity index (χ3n) is 2.86. The van der Waals surface area contributed by atoms with Crippen LogP contribution in [0.15, 0.2) is 0 Å². The van der Waals surface area contributed by atoms with Crippen LogP contribution in [0, 0.1) is 5.92 Å². The Hall–Kier alpha value is 0.440. The molecule has 0 N–H and O–H groups in total. The largest absolute Gasteiger partial charge is 0.377 e. The summed E-state index contributed by atoms with van der Waals surface area (Å²) in [5.41, 5.74) is 0.159. The zero-order valence-electron chi connectivity index (χ0n) is 7.40. The van der Waals surface area contributed by atoms with E-state index in [9.17, 15) is 0 Å². The van der Waals surface area contributed by atoms with Gasteiger partial charge in [-0.05, 0) is 31.6 Å². The van der Waals surface area contributed by atoms with Gasteiger partial charge < -0.3 is 4.74 Å². The molecule has 1 rings (SSSR count). The second-order valence-corrected chi connectivity index (χ2v) is 4.26. The van der Waals surface area contributed by atoms with Gasteiger partial charge in [-0.15, -0.1) is 0 Å². The van der Waals surface area contributed by atoms with Gasteiger partial charge in [-0.1, -0.05) is 22.9 Å². The van der Waals surface area contributed by atoms with Gasteiger partial charge in [-0.3, -0.25) is 0 Å². The van der Waals surface area contributed by atoms with E-state index in [1.54, 1.807) is 0 Å². The summed E-state index contributed by atoms with van der Waals surface area (Å²) in [5, 5.41) is 0.989. The molecule has 0 atom stereocenters. The van der Waals surface area contributed by atoms with Crippen LogP contribution in [-0.4, -0.2) is 18.0 Å². The molecule has 1 saturated carbocycles. The van der Waals surface area contributed by atoms with Crippen LogP contribution >= 0.6 is 15.9 Å². The number of hydrogen-bond donors (Lipinski definition) is 0. The number of rotatable bonds is 2. The predicted octanol–water partition coefficient (Wildman–Crippen LogP) is 2.98. The van der Waals surface area contributed by atoms with Crippen molar-refractivity contribution in [3.05, 3.63) is 0 Å². The molecular weight excluding hydrogens is 204 g/mol. The lowest BCUT2D eigenvalue weighted by atomic mass is 9.81. The third kappa shape index (κ3) is 2.19. The molecule has 0 aromatic rings. The molecule has 66 valence electrons. The molecule has 0 amide bonds. The van der Waals surface area contributed by atoms with Gasteiger partial charge in [0.25, 0.3) is 0 Å². The molecule has 1 fully saturated rings. The topological polar surface area (TPSA) is 9.23 Å². The molecule has 1 aliphatic carbocycles. The first kappa shape index (κ1) is 9.53. The van der Waals surface area contributed by atoms with Crippen molar-refractivity contribution in [2.75, 3.05) is 12.4 Å². The number of halogens is 1. The zero-order chi connectivity index (χ0) is 8.32. The van der Waals surface area contributed by atoms with E-state index in [4.69, 9.17) is 4.74 Å². The van der Waals surface area contributed by atoms with E-state index in [2.05, 4.69) is 22.9 Å². The fourth-order valence-corrected chi connectivity index (χ4v) is 2.47. The number of ether oxygens (including phenoxy) is 1. The summed E-state index contributed by atoms with van der Waals surface area (Å²) >= 11 is 3.52. The smallest absolute Gasteiger partial charge is 0.0775 e. The fraction of sp³-hybridized carbons (Fsp3) is 1.00. The Bertz CT molecular complexity index is 111. The van der Waals surface area contributed by atoms with Crippen LogP contribution in [0.1, 0.15) is 32.6 Å². The second-order valence-electron chi connectivity index (χ2n) is 3.70. The van der Waals surface area contributed by atoms with Crippen molar-refractivity contribution in [2.45, 2.75) is 38.2 Å². The average Bonchev–Trinajstić information content (AvgIpc) is 2.07. The molecule has 0 spiro atoms. The molecule has 1 aliphatic rings. The second kappa shape index (κ2) is 3.90. The van der Waals surface area contributed by atoms with Crippen molar-refractivity contribution >= 4 is 15.9 Å². The van der Waals surface area contributed by atoms with Gasteiger partial charge in [0.05, 0.1) is 5.60 Å². The summed E-state index contributed by atoms with van der Waals surface area (Å²) in [6.07, 6.45) is 5.07. The van der Waals surface area contributed by atoms with Crippen LogP contribution in [0.5, 0.6) is 0 Å². The molecule has 0 radical (unpaired) electrons. The van der Waals surface area contributed by atoms with Gasteiger partial charge in [0.2, 0.25) is 0 Å². The molecular formula is C9H17BrO. The Labute approximate surface area is 77.6 Å². The van der Waals surface area contributed by atoms with Crippen LogP contribution < -0.4 is 0 Å². The highest BCUT2D eigenvalue weighted by molar-refractivity contribution is 9.09. The summed E-state index contributed by atoms with van der Waals surface area (Å²) in [5.74, 6) is 0.900. The Balaban J connectivity index is 2.45. The van der Waals surface area contributed by atoms with E-state index in [0.717, 1.165) is 11.2 Å². The van der Waals surface area contributed by atoms with E-state index in [0.29, 0.717) is 0 Å². The van der Waals surface area contributed by atoms with Crippen LogP contribution in [0.4, 0.5) is 0 Å². The monoisotopic (exact) mass is 220 g/mol. The van der Waals surface area contributed by atoms with Crippen LogP contribution in [-0.2, 0) is 4.74 Å². The molecule has 0 bridgehead atoms. The lowest BCUT2D eigenvalue weighted by Gasteiger charge is -2.36. The zero-order valence-corrected chi connectivity index (χ0v) is 8.99. The minimum Gasteiger partial charge on any atom is -0.377 e. The van der Waals surface area contributed by atoms with Gasteiger partial charge in [-0.25, -0.2) is 0 Å². The molecule has 1 nitrogen and oxygen atoms in total. The Morgan fingerprint density at radius 2 is 2.00 bits per heavy atom. The van der Waals surface area contributed by atoms with Crippen LogP contribution in [0.25, 0.3) is 0 Å². The number of hydrogen-bond acceptors (Lipinski definition) is 1. The highest BCUT2D eigenvalue weighted by Crippen LogP contribution is 2.35. The first-order valence-corrected chi connectivity index (χ1v) is 5.46. The predicted molar refractivity (Wildman–Crippen MR) is 51.2 cm³/mol. The minimum absolute atomic E-state index is 0.159. The van der Waals surface area contributed by atoms with E-state index >= 15 is 0 Å². The van der Waals surface area contributed by atoms with Crippen LogP contribution in [0.2, 0.25) is 0 Å². The molecule has 2 heteroatoms. The molecule has 0 heterocycles. The third-order valence-corrected chi connectivity index (χ3v) is 3.88. The highest BCUT2D eigenvalue weighted by Gasteiger charge is 2.32. The lowest BCUT2D eigenvalue weighted by Crippen LogP contribution is -2.37. The summed E-state index contributed by atoms with van der Waals surface area (Å²) < 4.78 is 5.53. The maximum absolute atomic E-state index is 5.53. The Morgan fingerprint density at radius 3 is 2.36 bits per heavy atom. The van der Waals surface area contributed by atoms with Crippen molar-refractivity contribution in [2.24, 2.45) is 5.92 Å². The van der Waals surface area contributed by atoms with E-state index in [1.165, 1.54) is 25.7 Å². The van der Waals surface area contributed by atoms with E-state index < -0.39 is 0 Å². The normalized spacial score (nSPS) is 39.0. The molecule has 0 aliphatic heterocycles. The Morgan fingerprint density at radius 1 is 1.45 bits per heavy atom. The summed E-state index contributed by atoms with van der Waals surface area (Å²) in [7, 11) is 1.83. The standard InChI is InChI=1S/C9H17BrO/c1-8-3-5-9(7-10,11-2)6-4-8/h8H,3-7H2,1-2H3. The molecule has 0 aromatic carbocycles. The highest BCUT2D eigenvalue weighted by atomic mass is 79.9. The SMILES string of the molecule is COC1(CBr)CCC(C)CC1. The average molecular weight is 221 g/mol. The van der Waals surface area contributed by atoms with Crippen molar-refractivity contribution < 1.29 is 4.74 Å². The van der Waals surface area contributed by atoms with Crippen molar-refractivity contribution in [1.29, 1.82) is 0 Å². The summed E-state index contributed by atoms with van der Waals surface area (Å²) in [6, 6.07) is 0. The van der Waals surface area contributed by atoms with Gasteiger partial charge >= 0.3 is 0 Å². The maximum Gasteiger partial charge on any atom is 0.0775 e. The van der Waals surface area contributed by atoms with Crippen LogP contribution in [0.3, 0.4) is 0 Å². The lowest BCUT2D eigenvalue weighted by molar-refractivity contribution is -0.0270. The summed E-state index contributed by atoms with van der Waals surface area (Å²) in [4.78, 5) is 0. The number of methoxy groups -OCH3 is 1. The molecule has 11 heavy (non-hydrogen) atoms. The first-order chi connectivity index (χ1) is 5.22. The van der Waals surface area contributed by atoms with Gasteiger partial charge in [0, 0.05) is 12.4 Å². The minimum atomic E-state index is 0.159. The number of alkyl halides is 1. The quantitative estimate of drug-likeness (QED) is 0.651. The van der Waals surface area contributed by atoms with Crippen molar-refractivity contribution in [3.8, 4) is 0 Å².